The van der Waals surface area contributed by atoms with E-state index in [-0.39, 0.29) is 17.4 Å². The first-order chi connectivity index (χ1) is 12.7. The van der Waals surface area contributed by atoms with Crippen LogP contribution in [0.1, 0.15) is 56.3 Å². The molecule has 0 radical (unpaired) electrons. The Morgan fingerprint density at radius 3 is 2.22 bits per heavy atom. The Morgan fingerprint density at radius 2 is 1.70 bits per heavy atom. The zero-order valence-corrected chi connectivity index (χ0v) is 16.6. The number of sulfonamides is 1. The molecule has 0 aromatic heterocycles. The van der Waals surface area contributed by atoms with Crippen LogP contribution in [0.2, 0.25) is 0 Å². The predicted molar refractivity (Wildman–Crippen MR) is 102 cm³/mol. The fourth-order valence-corrected chi connectivity index (χ4v) is 4.41. The largest absolute Gasteiger partial charge is 0.481 e. The summed E-state index contributed by atoms with van der Waals surface area (Å²) in [6.45, 7) is 4.23. The van der Waals surface area contributed by atoms with Gasteiger partial charge in [-0.15, -0.1) is 0 Å². The van der Waals surface area contributed by atoms with Crippen LogP contribution in [0.5, 0.6) is 0 Å². The summed E-state index contributed by atoms with van der Waals surface area (Å²) in [4.78, 5) is 24.1. The molecule has 3 N–H and O–H groups in total. The van der Waals surface area contributed by atoms with Crippen molar-refractivity contribution in [3.8, 4) is 0 Å². The minimum Gasteiger partial charge on any atom is -0.481 e. The minimum absolute atomic E-state index is 0.0805. The first-order valence-corrected chi connectivity index (χ1v) is 10.8. The molecule has 0 saturated heterocycles. The fraction of sp³-hybridized carbons (Fsp3) is 0.579. The van der Waals surface area contributed by atoms with Crippen molar-refractivity contribution in [2.75, 3.05) is 13.1 Å². The molecule has 0 heterocycles. The summed E-state index contributed by atoms with van der Waals surface area (Å²) in [5.74, 6) is -1.09. The summed E-state index contributed by atoms with van der Waals surface area (Å²) in [5, 5.41) is 12.3. The normalized spacial score (nSPS) is 16.9. The van der Waals surface area contributed by atoms with Crippen molar-refractivity contribution < 1.29 is 23.1 Å². The highest BCUT2D eigenvalue weighted by molar-refractivity contribution is 7.89. The standard InChI is InChI=1S/C19H28N2O5S/c1-14(2)12-21-27(25,26)16-8-6-15(7-9-16)17(22)20-13-19(18(23)24)10-4-3-5-11-19/h6-9,14,21H,3-5,10-13H2,1-2H3,(H,20,22)(H,23,24). The van der Waals surface area contributed by atoms with Gasteiger partial charge in [0.25, 0.3) is 5.91 Å². The van der Waals surface area contributed by atoms with Crippen LogP contribution in [0, 0.1) is 11.3 Å². The SMILES string of the molecule is CC(C)CNS(=O)(=O)c1ccc(C(=O)NCC2(C(=O)O)CCCCC2)cc1. The van der Waals surface area contributed by atoms with Gasteiger partial charge >= 0.3 is 5.97 Å². The minimum atomic E-state index is -3.61. The molecular weight excluding hydrogens is 368 g/mol. The van der Waals surface area contributed by atoms with Crippen molar-refractivity contribution in [1.29, 1.82) is 0 Å². The highest BCUT2D eigenvalue weighted by atomic mass is 32.2. The molecule has 27 heavy (non-hydrogen) atoms. The van der Waals surface area contributed by atoms with Crippen molar-refractivity contribution in [1.82, 2.24) is 10.0 Å². The zero-order valence-electron chi connectivity index (χ0n) is 15.8. The molecule has 1 aliphatic carbocycles. The van der Waals surface area contributed by atoms with Gasteiger partial charge in [0.05, 0.1) is 10.3 Å². The van der Waals surface area contributed by atoms with Crippen LogP contribution in [0.15, 0.2) is 29.2 Å². The second kappa shape index (κ2) is 8.84. The Bertz CT molecular complexity index is 766. The molecule has 7 nitrogen and oxygen atoms in total. The molecule has 2 rings (SSSR count). The average Bonchev–Trinajstić information content (AvgIpc) is 2.65. The van der Waals surface area contributed by atoms with Gasteiger partial charge in [-0.2, -0.15) is 0 Å². The van der Waals surface area contributed by atoms with Gasteiger partial charge in [0.1, 0.15) is 0 Å². The van der Waals surface area contributed by atoms with Gasteiger partial charge in [-0.25, -0.2) is 13.1 Å². The molecule has 0 unspecified atom stereocenters. The van der Waals surface area contributed by atoms with E-state index in [0.29, 0.717) is 24.9 Å². The first-order valence-electron chi connectivity index (χ1n) is 9.28. The number of carbonyl (C=O) groups excluding carboxylic acids is 1. The van der Waals surface area contributed by atoms with Crippen molar-refractivity contribution >= 4 is 21.9 Å². The van der Waals surface area contributed by atoms with Gasteiger partial charge in [-0.05, 0) is 43.0 Å². The molecule has 1 aromatic rings. The molecule has 0 spiro atoms. The summed E-state index contributed by atoms with van der Waals surface area (Å²) in [7, 11) is -3.61. The van der Waals surface area contributed by atoms with E-state index in [0.717, 1.165) is 19.3 Å². The summed E-state index contributed by atoms with van der Waals surface area (Å²) in [6, 6.07) is 5.64. The summed E-state index contributed by atoms with van der Waals surface area (Å²) >= 11 is 0. The Labute approximate surface area is 160 Å². The number of benzene rings is 1. The van der Waals surface area contributed by atoms with E-state index in [2.05, 4.69) is 10.0 Å². The van der Waals surface area contributed by atoms with Crippen molar-refractivity contribution in [2.45, 2.75) is 50.8 Å². The van der Waals surface area contributed by atoms with Crippen molar-refractivity contribution in [2.24, 2.45) is 11.3 Å². The third-order valence-corrected chi connectivity index (χ3v) is 6.40. The zero-order chi connectivity index (χ0) is 20.1. The maximum atomic E-state index is 12.4. The van der Waals surface area contributed by atoms with E-state index in [1.165, 1.54) is 24.3 Å². The second-order valence-electron chi connectivity index (χ2n) is 7.60. The lowest BCUT2D eigenvalue weighted by atomic mass is 9.74. The van der Waals surface area contributed by atoms with Crippen LogP contribution in [0.4, 0.5) is 0 Å². The Hall–Kier alpha value is -1.93. The predicted octanol–water partition coefficient (Wildman–Crippen LogP) is 2.39. The molecule has 1 aliphatic rings. The summed E-state index contributed by atoms with van der Waals surface area (Å²) in [6.07, 6.45) is 3.82. The highest BCUT2D eigenvalue weighted by Crippen LogP contribution is 2.36. The third kappa shape index (κ3) is 5.52. The van der Waals surface area contributed by atoms with Gasteiger partial charge in [-0.3, -0.25) is 9.59 Å². The van der Waals surface area contributed by atoms with E-state index in [9.17, 15) is 23.1 Å². The van der Waals surface area contributed by atoms with E-state index >= 15 is 0 Å². The van der Waals surface area contributed by atoms with Crippen molar-refractivity contribution in [3.05, 3.63) is 29.8 Å². The number of carbonyl (C=O) groups is 2. The maximum Gasteiger partial charge on any atom is 0.311 e. The molecule has 0 atom stereocenters. The number of carboxylic acids is 1. The lowest BCUT2D eigenvalue weighted by Gasteiger charge is -2.33. The summed E-state index contributed by atoms with van der Waals surface area (Å²) < 4.78 is 26.9. The van der Waals surface area contributed by atoms with Gasteiger partial charge in [0.15, 0.2) is 0 Å². The Morgan fingerprint density at radius 1 is 1.11 bits per heavy atom. The lowest BCUT2D eigenvalue weighted by Crippen LogP contribution is -2.44. The molecule has 1 fully saturated rings. The third-order valence-electron chi connectivity index (χ3n) is 4.96. The molecule has 150 valence electrons. The van der Waals surface area contributed by atoms with Crippen molar-refractivity contribution in [3.63, 3.8) is 0 Å². The second-order valence-corrected chi connectivity index (χ2v) is 9.37. The number of nitrogens with one attached hydrogen (secondary N) is 2. The van der Waals surface area contributed by atoms with Crippen LogP contribution in [0.3, 0.4) is 0 Å². The molecule has 8 heteroatoms. The van der Waals surface area contributed by atoms with Gasteiger partial charge in [0.2, 0.25) is 10.0 Å². The van der Waals surface area contributed by atoms with Crippen LogP contribution < -0.4 is 10.0 Å². The number of hydrogen-bond donors (Lipinski definition) is 3. The van der Waals surface area contributed by atoms with Crippen LogP contribution in [0.25, 0.3) is 0 Å². The highest BCUT2D eigenvalue weighted by Gasteiger charge is 2.39. The molecule has 1 aromatic carbocycles. The van der Waals surface area contributed by atoms with Crippen LogP contribution >= 0.6 is 0 Å². The monoisotopic (exact) mass is 396 g/mol. The van der Waals surface area contributed by atoms with Gasteiger partial charge in [-0.1, -0.05) is 33.1 Å². The average molecular weight is 397 g/mol. The smallest absolute Gasteiger partial charge is 0.311 e. The van der Waals surface area contributed by atoms with E-state index in [4.69, 9.17) is 0 Å². The number of carboxylic acid groups (broad SMARTS) is 1. The van der Waals surface area contributed by atoms with Gasteiger partial charge in [0, 0.05) is 18.7 Å². The number of rotatable bonds is 8. The van der Waals surface area contributed by atoms with Crippen LogP contribution in [-0.2, 0) is 14.8 Å². The fourth-order valence-electron chi connectivity index (χ4n) is 3.19. The van der Waals surface area contributed by atoms with E-state index in [1.807, 2.05) is 13.8 Å². The van der Waals surface area contributed by atoms with E-state index in [1.54, 1.807) is 0 Å². The Kier molecular flexibility index (Phi) is 7.00. The molecule has 1 amide bonds. The number of hydrogen-bond acceptors (Lipinski definition) is 4. The van der Waals surface area contributed by atoms with Gasteiger partial charge < -0.3 is 10.4 Å². The molecule has 0 bridgehead atoms. The number of aliphatic carboxylic acids is 1. The Balaban J connectivity index is 2.02. The first kappa shape index (κ1) is 21.4. The topological polar surface area (TPSA) is 113 Å². The maximum absolute atomic E-state index is 12.4. The molecule has 1 saturated carbocycles. The molecule has 0 aliphatic heterocycles. The molecular formula is C19H28N2O5S. The number of amides is 1. The summed E-state index contributed by atoms with van der Waals surface area (Å²) in [5.41, 5.74) is -0.605. The van der Waals surface area contributed by atoms with E-state index < -0.39 is 27.3 Å². The quantitative estimate of drug-likeness (QED) is 0.624. The van der Waals surface area contributed by atoms with Crippen LogP contribution in [-0.4, -0.2) is 38.5 Å². The lowest BCUT2D eigenvalue weighted by molar-refractivity contribution is -0.150.